The van der Waals surface area contributed by atoms with E-state index in [4.69, 9.17) is 0 Å². The van der Waals surface area contributed by atoms with Gasteiger partial charge in [-0.3, -0.25) is 9.78 Å². The highest BCUT2D eigenvalue weighted by Crippen LogP contribution is 2.16. The quantitative estimate of drug-likeness (QED) is 0.627. The highest BCUT2D eigenvalue weighted by atomic mass is 19.1. The Morgan fingerprint density at radius 2 is 1.63 bits per heavy atom. The molecule has 2 rings (SSSR count). The number of benzene rings is 1. The molecule has 0 aliphatic rings. The summed E-state index contributed by atoms with van der Waals surface area (Å²) in [5.41, 5.74) is -0.113. The van der Waals surface area contributed by atoms with Crippen LogP contribution in [0.3, 0.4) is 0 Å². The van der Waals surface area contributed by atoms with Crippen molar-refractivity contribution in [2.45, 2.75) is 0 Å². The molecule has 0 aliphatic heterocycles. The minimum atomic E-state index is -1.22. The van der Waals surface area contributed by atoms with Gasteiger partial charge < -0.3 is 0 Å². The fourth-order valence-electron chi connectivity index (χ4n) is 1.51. The van der Waals surface area contributed by atoms with E-state index in [1.54, 1.807) is 12.1 Å². The van der Waals surface area contributed by atoms with Gasteiger partial charge >= 0.3 is 0 Å². The predicted octanol–water partition coefficient (Wildman–Crippen LogP) is 3.40. The Labute approximate surface area is 107 Å². The number of hydrogen-bond donors (Lipinski definition) is 0. The van der Waals surface area contributed by atoms with E-state index < -0.39 is 28.8 Å². The summed E-state index contributed by atoms with van der Waals surface area (Å²) in [5, 5.41) is 0. The Balaban J connectivity index is 2.29. The Kier molecular flexibility index (Phi) is 3.75. The number of allylic oxidation sites excluding steroid dienone is 1. The largest absolute Gasteiger partial charge is 0.289 e. The molecule has 0 radical (unpaired) electrons. The van der Waals surface area contributed by atoms with Gasteiger partial charge in [-0.2, -0.15) is 0 Å². The van der Waals surface area contributed by atoms with E-state index in [0.717, 1.165) is 6.08 Å². The van der Waals surface area contributed by atoms with Crippen molar-refractivity contribution in [3.05, 3.63) is 71.3 Å². The molecule has 0 saturated carbocycles. The SMILES string of the molecule is O=C(/C=C/c1ccncc1)c1c(F)cc(F)cc1F. The lowest BCUT2D eigenvalue weighted by molar-refractivity contribution is 0.104. The Morgan fingerprint density at radius 1 is 1.05 bits per heavy atom. The van der Waals surface area contributed by atoms with E-state index >= 15 is 0 Å². The van der Waals surface area contributed by atoms with Crippen molar-refractivity contribution >= 4 is 11.9 Å². The molecule has 0 saturated heterocycles. The third kappa shape index (κ3) is 3.07. The van der Waals surface area contributed by atoms with Gasteiger partial charge in [0.15, 0.2) is 5.78 Å². The zero-order chi connectivity index (χ0) is 13.8. The average molecular weight is 263 g/mol. The normalized spacial score (nSPS) is 10.9. The summed E-state index contributed by atoms with van der Waals surface area (Å²) < 4.78 is 39.4. The number of nitrogens with zero attached hydrogens (tertiary/aromatic N) is 1. The summed E-state index contributed by atoms with van der Waals surface area (Å²) in [6.07, 6.45) is 5.45. The van der Waals surface area contributed by atoms with Crippen LogP contribution in [0.5, 0.6) is 0 Å². The van der Waals surface area contributed by atoms with Gasteiger partial charge in [-0.1, -0.05) is 6.08 Å². The zero-order valence-electron chi connectivity index (χ0n) is 9.61. The summed E-state index contributed by atoms with van der Waals surface area (Å²) in [6, 6.07) is 4.19. The fourth-order valence-corrected chi connectivity index (χ4v) is 1.51. The second-order valence-corrected chi connectivity index (χ2v) is 3.72. The predicted molar refractivity (Wildman–Crippen MR) is 63.9 cm³/mol. The van der Waals surface area contributed by atoms with Gasteiger partial charge in [0, 0.05) is 24.5 Å². The van der Waals surface area contributed by atoms with E-state index in [0.29, 0.717) is 17.7 Å². The van der Waals surface area contributed by atoms with Gasteiger partial charge in [0.05, 0.1) is 5.56 Å². The Hall–Kier alpha value is -2.43. The standard InChI is InChI=1S/C14H8F3NO/c15-10-7-11(16)14(12(17)8-10)13(19)2-1-9-3-5-18-6-4-9/h1-8H/b2-1+. The highest BCUT2D eigenvalue weighted by Gasteiger charge is 2.16. The van der Waals surface area contributed by atoms with Crippen molar-refractivity contribution in [2.24, 2.45) is 0 Å². The maximum absolute atomic E-state index is 13.3. The molecule has 0 unspecified atom stereocenters. The summed E-state index contributed by atoms with van der Waals surface area (Å²) >= 11 is 0. The maximum Gasteiger partial charge on any atom is 0.191 e. The summed E-state index contributed by atoms with van der Waals surface area (Å²) in [7, 11) is 0. The second kappa shape index (κ2) is 5.48. The lowest BCUT2D eigenvalue weighted by atomic mass is 10.1. The first kappa shape index (κ1) is 13.0. The molecule has 0 N–H and O–H groups in total. The van der Waals surface area contributed by atoms with Crippen LogP contribution in [0.1, 0.15) is 15.9 Å². The van der Waals surface area contributed by atoms with Crippen LogP contribution in [0, 0.1) is 17.5 Å². The van der Waals surface area contributed by atoms with Gasteiger partial charge in [-0.15, -0.1) is 0 Å². The number of pyridine rings is 1. The summed E-state index contributed by atoms with van der Waals surface area (Å²) in [4.78, 5) is 15.5. The van der Waals surface area contributed by atoms with Crippen LogP contribution in [0.15, 0.2) is 42.7 Å². The lowest BCUT2D eigenvalue weighted by Gasteiger charge is -2.01. The first-order valence-electron chi connectivity index (χ1n) is 5.35. The van der Waals surface area contributed by atoms with Crippen LogP contribution >= 0.6 is 0 Å². The third-order valence-electron chi connectivity index (χ3n) is 2.39. The van der Waals surface area contributed by atoms with Gasteiger partial charge in [0.1, 0.15) is 17.5 Å². The minimum Gasteiger partial charge on any atom is -0.289 e. The van der Waals surface area contributed by atoms with E-state index in [9.17, 15) is 18.0 Å². The van der Waals surface area contributed by atoms with E-state index in [1.165, 1.54) is 18.5 Å². The van der Waals surface area contributed by atoms with Crippen LogP contribution in [-0.4, -0.2) is 10.8 Å². The molecular formula is C14H8F3NO. The van der Waals surface area contributed by atoms with Crippen LogP contribution < -0.4 is 0 Å². The van der Waals surface area contributed by atoms with Gasteiger partial charge in [-0.05, 0) is 23.8 Å². The van der Waals surface area contributed by atoms with E-state index in [2.05, 4.69) is 4.98 Å². The van der Waals surface area contributed by atoms with Crippen molar-refractivity contribution in [1.82, 2.24) is 4.98 Å². The molecule has 2 nitrogen and oxygen atoms in total. The van der Waals surface area contributed by atoms with Crippen molar-refractivity contribution in [3.63, 3.8) is 0 Å². The Bertz CT molecular complexity index is 615. The number of carbonyl (C=O) groups is 1. The molecule has 5 heteroatoms. The minimum absolute atomic E-state index is 0.469. The molecule has 19 heavy (non-hydrogen) atoms. The molecule has 0 bridgehead atoms. The van der Waals surface area contributed by atoms with E-state index in [1.807, 2.05) is 0 Å². The van der Waals surface area contributed by atoms with Crippen molar-refractivity contribution in [2.75, 3.05) is 0 Å². The molecule has 1 aromatic heterocycles. The third-order valence-corrected chi connectivity index (χ3v) is 2.39. The molecule has 0 fully saturated rings. The number of rotatable bonds is 3. The topological polar surface area (TPSA) is 30.0 Å². The number of ketones is 1. The Morgan fingerprint density at radius 3 is 2.21 bits per heavy atom. The summed E-state index contributed by atoms with van der Waals surface area (Å²) in [5.74, 6) is -4.37. The first-order chi connectivity index (χ1) is 9.08. The monoisotopic (exact) mass is 263 g/mol. The van der Waals surface area contributed by atoms with Gasteiger partial charge in [0.2, 0.25) is 0 Å². The zero-order valence-corrected chi connectivity index (χ0v) is 9.61. The summed E-state index contributed by atoms with van der Waals surface area (Å²) in [6.45, 7) is 0. The van der Waals surface area contributed by atoms with Crippen molar-refractivity contribution < 1.29 is 18.0 Å². The molecule has 0 aliphatic carbocycles. The van der Waals surface area contributed by atoms with Crippen molar-refractivity contribution in [3.8, 4) is 0 Å². The molecule has 1 aromatic carbocycles. The number of hydrogen-bond acceptors (Lipinski definition) is 2. The van der Waals surface area contributed by atoms with Gasteiger partial charge in [0.25, 0.3) is 0 Å². The second-order valence-electron chi connectivity index (χ2n) is 3.72. The number of carbonyl (C=O) groups excluding carboxylic acids is 1. The van der Waals surface area contributed by atoms with Crippen LogP contribution in [-0.2, 0) is 0 Å². The van der Waals surface area contributed by atoms with E-state index in [-0.39, 0.29) is 0 Å². The molecule has 0 amide bonds. The molecule has 2 aromatic rings. The highest BCUT2D eigenvalue weighted by molar-refractivity contribution is 6.07. The molecule has 0 atom stereocenters. The van der Waals surface area contributed by atoms with Crippen LogP contribution in [0.25, 0.3) is 6.08 Å². The lowest BCUT2D eigenvalue weighted by Crippen LogP contribution is -2.03. The molecule has 1 heterocycles. The number of halogens is 3. The molecule has 0 spiro atoms. The van der Waals surface area contributed by atoms with Gasteiger partial charge in [-0.25, -0.2) is 13.2 Å². The molecular weight excluding hydrogens is 255 g/mol. The first-order valence-corrected chi connectivity index (χ1v) is 5.35. The van der Waals surface area contributed by atoms with Crippen molar-refractivity contribution in [1.29, 1.82) is 0 Å². The molecule has 96 valence electrons. The maximum atomic E-state index is 13.3. The van der Waals surface area contributed by atoms with Crippen LogP contribution in [0.4, 0.5) is 13.2 Å². The van der Waals surface area contributed by atoms with Crippen LogP contribution in [0.2, 0.25) is 0 Å². The fraction of sp³-hybridized carbons (Fsp3) is 0. The smallest absolute Gasteiger partial charge is 0.191 e. The number of aromatic nitrogens is 1. The average Bonchev–Trinajstić information content (AvgIpc) is 2.36.